The van der Waals surface area contributed by atoms with E-state index in [1.165, 1.54) is 5.56 Å². The highest BCUT2D eigenvalue weighted by atomic mass is 35.5. The van der Waals surface area contributed by atoms with Crippen molar-refractivity contribution in [1.82, 2.24) is 15.3 Å². The third-order valence-electron chi connectivity index (χ3n) is 3.43. The van der Waals surface area contributed by atoms with Crippen LogP contribution in [0.4, 0.5) is 11.4 Å². The van der Waals surface area contributed by atoms with Crippen LogP contribution >= 0.6 is 11.6 Å². The number of hydrogen-bond donors (Lipinski definition) is 3. The molecule has 21 heavy (non-hydrogen) atoms. The Morgan fingerprint density at radius 1 is 1.29 bits per heavy atom. The lowest BCUT2D eigenvalue weighted by Crippen LogP contribution is -2.04. The molecule has 0 bridgehead atoms. The molecule has 0 spiro atoms. The van der Waals surface area contributed by atoms with Gasteiger partial charge in [0.05, 0.1) is 22.9 Å². The van der Waals surface area contributed by atoms with Crippen LogP contribution in [0.3, 0.4) is 0 Å². The molecule has 0 radical (unpaired) electrons. The zero-order valence-corrected chi connectivity index (χ0v) is 12.8. The number of rotatable bonds is 4. The van der Waals surface area contributed by atoms with Crippen molar-refractivity contribution in [2.45, 2.75) is 13.5 Å². The second-order valence-corrected chi connectivity index (χ2v) is 5.49. The Morgan fingerprint density at radius 3 is 2.90 bits per heavy atom. The number of nitrogens with one attached hydrogen (secondary N) is 3. The number of aromatic nitrogens is 2. The number of hydrogen-bond acceptors (Lipinski definition) is 3. The average Bonchev–Trinajstić information content (AvgIpc) is 2.85. The van der Waals surface area contributed by atoms with Crippen LogP contribution in [0.15, 0.2) is 36.7 Å². The summed E-state index contributed by atoms with van der Waals surface area (Å²) in [5, 5.41) is 7.26. The van der Waals surface area contributed by atoms with Crippen molar-refractivity contribution in [2.75, 3.05) is 12.4 Å². The molecule has 0 unspecified atom stereocenters. The SMILES string of the molecule is CNCc1c[nH]c2cc(Nc3ccc(Cl)cc3C)cnc12. The molecule has 3 aromatic rings. The summed E-state index contributed by atoms with van der Waals surface area (Å²) in [6.45, 7) is 2.83. The van der Waals surface area contributed by atoms with Crippen molar-refractivity contribution >= 4 is 34.0 Å². The van der Waals surface area contributed by atoms with Crippen LogP contribution < -0.4 is 10.6 Å². The van der Waals surface area contributed by atoms with Gasteiger partial charge in [0.15, 0.2) is 0 Å². The first-order chi connectivity index (χ1) is 10.2. The van der Waals surface area contributed by atoms with Gasteiger partial charge in [-0.25, -0.2) is 0 Å². The maximum absolute atomic E-state index is 5.98. The molecule has 2 aromatic heterocycles. The van der Waals surface area contributed by atoms with Crippen LogP contribution in [0.1, 0.15) is 11.1 Å². The highest BCUT2D eigenvalue weighted by molar-refractivity contribution is 6.30. The molecule has 0 aliphatic heterocycles. The Bertz CT molecular complexity index is 779. The summed E-state index contributed by atoms with van der Waals surface area (Å²) in [6.07, 6.45) is 3.84. The molecule has 2 heterocycles. The minimum Gasteiger partial charge on any atom is -0.359 e. The van der Waals surface area contributed by atoms with E-state index in [1.807, 2.05) is 44.6 Å². The Labute approximate surface area is 128 Å². The molecule has 0 aliphatic carbocycles. The lowest BCUT2D eigenvalue weighted by molar-refractivity contribution is 0.822. The van der Waals surface area contributed by atoms with E-state index < -0.39 is 0 Å². The van der Waals surface area contributed by atoms with Crippen molar-refractivity contribution in [1.29, 1.82) is 0 Å². The number of fused-ring (bicyclic) bond motifs is 1. The van der Waals surface area contributed by atoms with E-state index in [0.29, 0.717) is 0 Å². The van der Waals surface area contributed by atoms with E-state index in [2.05, 4.69) is 26.7 Å². The third kappa shape index (κ3) is 2.86. The van der Waals surface area contributed by atoms with E-state index in [-0.39, 0.29) is 0 Å². The van der Waals surface area contributed by atoms with Crippen molar-refractivity contribution in [3.05, 3.63) is 52.8 Å². The number of pyridine rings is 1. The molecule has 0 amide bonds. The number of aromatic amines is 1. The van der Waals surface area contributed by atoms with Gasteiger partial charge in [-0.15, -0.1) is 0 Å². The molecular weight excluding hydrogens is 284 g/mol. The lowest BCUT2D eigenvalue weighted by atomic mass is 10.2. The summed E-state index contributed by atoms with van der Waals surface area (Å²) in [5.41, 5.74) is 6.28. The zero-order valence-electron chi connectivity index (χ0n) is 12.0. The van der Waals surface area contributed by atoms with E-state index in [0.717, 1.165) is 39.5 Å². The molecule has 0 saturated carbocycles. The third-order valence-corrected chi connectivity index (χ3v) is 3.66. The van der Waals surface area contributed by atoms with Crippen molar-refractivity contribution < 1.29 is 0 Å². The van der Waals surface area contributed by atoms with Gasteiger partial charge in [0.25, 0.3) is 0 Å². The number of aryl methyl sites for hydroxylation is 1. The fraction of sp³-hybridized carbons (Fsp3) is 0.188. The second kappa shape index (κ2) is 5.76. The number of benzene rings is 1. The summed E-state index contributed by atoms with van der Waals surface area (Å²) >= 11 is 5.98. The van der Waals surface area contributed by atoms with Gasteiger partial charge in [0.1, 0.15) is 0 Å². The van der Waals surface area contributed by atoms with Gasteiger partial charge in [-0.1, -0.05) is 11.6 Å². The maximum atomic E-state index is 5.98. The van der Waals surface area contributed by atoms with Gasteiger partial charge in [-0.05, 0) is 43.8 Å². The van der Waals surface area contributed by atoms with Gasteiger partial charge in [-0.2, -0.15) is 0 Å². The normalized spacial score (nSPS) is 11.0. The number of anilines is 2. The first kappa shape index (κ1) is 13.9. The van der Waals surface area contributed by atoms with Crippen LogP contribution in [0, 0.1) is 6.92 Å². The highest BCUT2D eigenvalue weighted by Crippen LogP contribution is 2.25. The summed E-state index contributed by atoms with van der Waals surface area (Å²) in [4.78, 5) is 7.80. The van der Waals surface area contributed by atoms with Crippen molar-refractivity contribution in [3.8, 4) is 0 Å². The molecule has 0 aliphatic rings. The molecule has 108 valence electrons. The van der Waals surface area contributed by atoms with E-state index in [9.17, 15) is 0 Å². The van der Waals surface area contributed by atoms with E-state index in [1.54, 1.807) is 0 Å². The fourth-order valence-corrected chi connectivity index (χ4v) is 2.61. The van der Waals surface area contributed by atoms with Crippen molar-refractivity contribution in [3.63, 3.8) is 0 Å². The van der Waals surface area contributed by atoms with Gasteiger partial charge < -0.3 is 15.6 Å². The predicted molar refractivity (Wildman–Crippen MR) is 88.3 cm³/mol. The average molecular weight is 301 g/mol. The molecule has 0 fully saturated rings. The Balaban J connectivity index is 1.91. The fourth-order valence-electron chi connectivity index (χ4n) is 2.38. The monoisotopic (exact) mass is 300 g/mol. The van der Waals surface area contributed by atoms with Crippen molar-refractivity contribution in [2.24, 2.45) is 0 Å². The minimum absolute atomic E-state index is 0.743. The Hall–Kier alpha value is -2.04. The summed E-state index contributed by atoms with van der Waals surface area (Å²) in [6, 6.07) is 7.86. The van der Waals surface area contributed by atoms with E-state index in [4.69, 9.17) is 11.6 Å². The molecule has 5 heteroatoms. The maximum Gasteiger partial charge on any atom is 0.0925 e. The zero-order chi connectivity index (χ0) is 14.8. The first-order valence-corrected chi connectivity index (χ1v) is 7.19. The molecule has 4 nitrogen and oxygen atoms in total. The van der Waals surface area contributed by atoms with Gasteiger partial charge in [0.2, 0.25) is 0 Å². The highest BCUT2D eigenvalue weighted by Gasteiger charge is 2.06. The Kier molecular flexibility index (Phi) is 3.82. The topological polar surface area (TPSA) is 52.7 Å². The smallest absolute Gasteiger partial charge is 0.0925 e. The minimum atomic E-state index is 0.743. The van der Waals surface area contributed by atoms with Crippen LogP contribution in [0.2, 0.25) is 5.02 Å². The van der Waals surface area contributed by atoms with Crippen LogP contribution in [0.5, 0.6) is 0 Å². The lowest BCUT2D eigenvalue weighted by Gasteiger charge is -2.09. The molecule has 3 rings (SSSR count). The number of nitrogens with zero attached hydrogens (tertiary/aromatic N) is 1. The van der Waals surface area contributed by atoms with E-state index >= 15 is 0 Å². The summed E-state index contributed by atoms with van der Waals surface area (Å²) in [7, 11) is 1.93. The van der Waals surface area contributed by atoms with Crippen LogP contribution in [-0.2, 0) is 6.54 Å². The summed E-state index contributed by atoms with van der Waals surface area (Å²) < 4.78 is 0. The predicted octanol–water partition coefficient (Wildman–Crippen LogP) is 3.99. The van der Waals surface area contributed by atoms with Crippen LogP contribution in [-0.4, -0.2) is 17.0 Å². The van der Waals surface area contributed by atoms with Crippen LogP contribution in [0.25, 0.3) is 11.0 Å². The van der Waals surface area contributed by atoms with Gasteiger partial charge in [-0.3, -0.25) is 4.98 Å². The quantitative estimate of drug-likeness (QED) is 0.683. The largest absolute Gasteiger partial charge is 0.359 e. The molecular formula is C16H17ClN4. The number of halogens is 1. The molecule has 0 atom stereocenters. The molecule has 3 N–H and O–H groups in total. The second-order valence-electron chi connectivity index (χ2n) is 5.05. The standard InChI is InChI=1S/C16H17ClN4/c1-10-5-12(17)3-4-14(10)21-13-6-15-16(20-9-13)11(7-18-2)8-19-15/h3-6,8-9,18-19,21H,7H2,1-2H3. The number of H-pyrrole nitrogens is 1. The molecule has 0 saturated heterocycles. The molecule has 1 aromatic carbocycles. The Morgan fingerprint density at radius 2 is 2.14 bits per heavy atom. The summed E-state index contributed by atoms with van der Waals surface area (Å²) in [5.74, 6) is 0. The van der Waals surface area contributed by atoms with Gasteiger partial charge >= 0.3 is 0 Å². The van der Waals surface area contributed by atoms with Gasteiger partial charge in [0, 0.05) is 29.0 Å². The first-order valence-electron chi connectivity index (χ1n) is 6.81.